The van der Waals surface area contributed by atoms with Gasteiger partial charge in [0, 0.05) is 0 Å². The van der Waals surface area contributed by atoms with E-state index < -0.39 is 6.17 Å². The maximum atomic E-state index is 11.4. The smallest absolute Gasteiger partial charge is 0.0973 e. The SMILES string of the molecule is [CH2]C[C@@H](C)F. The fourth-order valence-electron chi connectivity index (χ4n) is 0. The van der Waals surface area contributed by atoms with Crippen LogP contribution in [0.3, 0.4) is 0 Å². The van der Waals surface area contributed by atoms with Crippen LogP contribution < -0.4 is 0 Å². The molecule has 0 saturated carbocycles. The van der Waals surface area contributed by atoms with Crippen molar-refractivity contribution >= 4 is 0 Å². The molecule has 0 heterocycles. The molecule has 0 aromatic rings. The minimum Gasteiger partial charge on any atom is -0.248 e. The Labute approximate surface area is 32.0 Å². The molecule has 0 amide bonds. The van der Waals surface area contributed by atoms with Crippen molar-refractivity contribution in [2.24, 2.45) is 0 Å². The third-order valence-corrected chi connectivity index (χ3v) is 0.398. The van der Waals surface area contributed by atoms with Crippen molar-refractivity contribution in [3.05, 3.63) is 6.92 Å². The number of hydrogen-bond donors (Lipinski definition) is 0. The second-order valence-electron chi connectivity index (χ2n) is 1.07. The van der Waals surface area contributed by atoms with Gasteiger partial charge in [-0.1, -0.05) is 6.92 Å². The highest BCUT2D eigenvalue weighted by atomic mass is 19.1. The largest absolute Gasteiger partial charge is 0.248 e. The molecule has 0 aromatic carbocycles. The van der Waals surface area contributed by atoms with E-state index >= 15 is 0 Å². The van der Waals surface area contributed by atoms with Crippen LogP contribution in [0.15, 0.2) is 0 Å². The second kappa shape index (κ2) is 2.18. The first-order chi connectivity index (χ1) is 2.27. The molecule has 0 nitrogen and oxygen atoms in total. The van der Waals surface area contributed by atoms with E-state index in [0.29, 0.717) is 6.42 Å². The zero-order valence-electron chi connectivity index (χ0n) is 3.37. The van der Waals surface area contributed by atoms with Crippen molar-refractivity contribution in [2.75, 3.05) is 0 Å². The minimum absolute atomic E-state index is 0.389. The molecule has 0 N–H and O–H groups in total. The van der Waals surface area contributed by atoms with Crippen molar-refractivity contribution < 1.29 is 4.39 Å². The van der Waals surface area contributed by atoms with Crippen LogP contribution in [0.2, 0.25) is 0 Å². The van der Waals surface area contributed by atoms with Gasteiger partial charge in [-0.3, -0.25) is 0 Å². The summed E-state index contributed by atoms with van der Waals surface area (Å²) in [6, 6.07) is 0. The molecule has 0 rings (SSSR count). The van der Waals surface area contributed by atoms with Crippen LogP contribution in [-0.2, 0) is 0 Å². The molecule has 0 aromatic heterocycles. The fourth-order valence-corrected chi connectivity index (χ4v) is 0. The summed E-state index contributed by atoms with van der Waals surface area (Å²) in [5.74, 6) is 0. The fraction of sp³-hybridized carbons (Fsp3) is 0.750. The van der Waals surface area contributed by atoms with E-state index in [1.165, 1.54) is 6.92 Å². The Hall–Kier alpha value is -0.0700. The lowest BCUT2D eigenvalue weighted by atomic mass is 10.4. The van der Waals surface area contributed by atoms with Crippen molar-refractivity contribution in [3.8, 4) is 0 Å². The summed E-state index contributed by atoms with van der Waals surface area (Å²) in [5.41, 5.74) is 0. The summed E-state index contributed by atoms with van der Waals surface area (Å²) in [4.78, 5) is 0. The average Bonchev–Trinajstić information content (AvgIpc) is 1.38. The van der Waals surface area contributed by atoms with Crippen LogP contribution in [0.5, 0.6) is 0 Å². The Balaban J connectivity index is 2.54. The Bertz CT molecular complexity index is 17.6. The Morgan fingerprint density at radius 2 is 2.20 bits per heavy atom. The van der Waals surface area contributed by atoms with E-state index in [4.69, 9.17) is 0 Å². The number of hydrogen-bond acceptors (Lipinski definition) is 0. The van der Waals surface area contributed by atoms with E-state index in [-0.39, 0.29) is 0 Å². The third-order valence-electron chi connectivity index (χ3n) is 0.398. The predicted molar refractivity (Wildman–Crippen MR) is 20.5 cm³/mol. The first-order valence-corrected chi connectivity index (χ1v) is 1.70. The molecule has 0 spiro atoms. The summed E-state index contributed by atoms with van der Waals surface area (Å²) < 4.78 is 11.4. The molecule has 0 aliphatic carbocycles. The lowest BCUT2D eigenvalue weighted by Gasteiger charge is -1.85. The molecule has 0 aliphatic rings. The molecule has 0 bridgehead atoms. The molecule has 0 aliphatic heterocycles. The molecule has 1 radical (unpaired) electrons. The summed E-state index contributed by atoms with van der Waals surface area (Å²) >= 11 is 0. The lowest BCUT2D eigenvalue weighted by molar-refractivity contribution is 0.364. The lowest BCUT2D eigenvalue weighted by Crippen LogP contribution is -1.84. The van der Waals surface area contributed by atoms with Gasteiger partial charge in [0.1, 0.15) is 0 Å². The molecular formula is C4H8F. The van der Waals surface area contributed by atoms with Crippen LogP contribution in [0.4, 0.5) is 4.39 Å². The minimum atomic E-state index is -0.727. The van der Waals surface area contributed by atoms with Crippen molar-refractivity contribution in [2.45, 2.75) is 19.5 Å². The zero-order valence-corrected chi connectivity index (χ0v) is 3.37. The summed E-state index contributed by atoms with van der Waals surface area (Å²) in [6.07, 6.45) is -0.338. The number of rotatable bonds is 1. The van der Waals surface area contributed by atoms with Gasteiger partial charge in [0.2, 0.25) is 0 Å². The third kappa shape index (κ3) is 3.93. The van der Waals surface area contributed by atoms with Gasteiger partial charge in [-0.2, -0.15) is 0 Å². The monoisotopic (exact) mass is 75.1 g/mol. The van der Waals surface area contributed by atoms with Gasteiger partial charge < -0.3 is 0 Å². The highest BCUT2D eigenvalue weighted by molar-refractivity contribution is 4.45. The summed E-state index contributed by atoms with van der Waals surface area (Å²) in [7, 11) is 0. The highest BCUT2D eigenvalue weighted by Crippen LogP contribution is 1.89. The van der Waals surface area contributed by atoms with Crippen LogP contribution >= 0.6 is 0 Å². The molecule has 31 valence electrons. The van der Waals surface area contributed by atoms with Gasteiger partial charge >= 0.3 is 0 Å². The molecule has 0 unspecified atom stereocenters. The van der Waals surface area contributed by atoms with Crippen molar-refractivity contribution in [3.63, 3.8) is 0 Å². The standard InChI is InChI=1S/C4H8F/c1-3-4(2)5/h4H,1,3H2,2H3/t4-/m1/s1. The average molecular weight is 75.1 g/mol. The topological polar surface area (TPSA) is 0 Å². The van der Waals surface area contributed by atoms with Crippen LogP contribution in [-0.4, -0.2) is 6.17 Å². The number of alkyl halides is 1. The highest BCUT2D eigenvalue weighted by Gasteiger charge is 1.85. The van der Waals surface area contributed by atoms with E-state index in [2.05, 4.69) is 6.92 Å². The molecular weight excluding hydrogens is 67.0 g/mol. The van der Waals surface area contributed by atoms with E-state index in [0.717, 1.165) is 0 Å². The van der Waals surface area contributed by atoms with Crippen LogP contribution in [0.25, 0.3) is 0 Å². The molecule has 0 fully saturated rings. The molecule has 1 heteroatoms. The summed E-state index contributed by atoms with van der Waals surface area (Å²) in [5, 5.41) is 0. The summed E-state index contributed by atoms with van der Waals surface area (Å²) in [6.45, 7) is 4.80. The maximum absolute atomic E-state index is 11.4. The van der Waals surface area contributed by atoms with Gasteiger partial charge in [-0.15, -0.1) is 0 Å². The second-order valence-corrected chi connectivity index (χ2v) is 1.07. The zero-order chi connectivity index (χ0) is 4.28. The molecule has 0 saturated heterocycles. The quantitative estimate of drug-likeness (QED) is 0.443. The van der Waals surface area contributed by atoms with E-state index in [1.807, 2.05) is 0 Å². The van der Waals surface area contributed by atoms with Gasteiger partial charge in [-0.25, -0.2) is 4.39 Å². The molecule has 5 heavy (non-hydrogen) atoms. The van der Waals surface area contributed by atoms with Gasteiger partial charge in [0.25, 0.3) is 0 Å². The van der Waals surface area contributed by atoms with Gasteiger partial charge in [0.05, 0.1) is 6.17 Å². The van der Waals surface area contributed by atoms with Crippen molar-refractivity contribution in [1.82, 2.24) is 0 Å². The Morgan fingerprint density at radius 3 is 2.20 bits per heavy atom. The van der Waals surface area contributed by atoms with Gasteiger partial charge in [0.15, 0.2) is 0 Å². The molecule has 1 atom stereocenters. The number of halogens is 1. The van der Waals surface area contributed by atoms with Gasteiger partial charge in [-0.05, 0) is 13.3 Å². The predicted octanol–water partition coefficient (Wildman–Crippen LogP) is 1.57. The van der Waals surface area contributed by atoms with E-state index in [1.54, 1.807) is 0 Å². The van der Waals surface area contributed by atoms with Crippen molar-refractivity contribution in [1.29, 1.82) is 0 Å². The Kier molecular flexibility index (Phi) is 2.15. The normalized spacial score (nSPS) is 15.0. The maximum Gasteiger partial charge on any atom is 0.0973 e. The Morgan fingerprint density at radius 1 is 2.00 bits per heavy atom. The van der Waals surface area contributed by atoms with Crippen LogP contribution in [0.1, 0.15) is 13.3 Å². The first kappa shape index (κ1) is 4.93. The first-order valence-electron chi connectivity index (χ1n) is 1.70. The van der Waals surface area contributed by atoms with Crippen LogP contribution in [0, 0.1) is 6.92 Å². The van der Waals surface area contributed by atoms with E-state index in [9.17, 15) is 4.39 Å².